The molecule has 0 spiro atoms. The summed E-state index contributed by atoms with van der Waals surface area (Å²) in [6, 6.07) is 13.6. The van der Waals surface area contributed by atoms with E-state index < -0.39 is 0 Å². The third-order valence-electron chi connectivity index (χ3n) is 4.94. The zero-order valence-electron chi connectivity index (χ0n) is 14.9. The molecule has 0 radical (unpaired) electrons. The third-order valence-corrected chi connectivity index (χ3v) is 4.94. The minimum atomic E-state index is -0.320. The Kier molecular flexibility index (Phi) is 5.34. The van der Waals surface area contributed by atoms with E-state index in [0.717, 1.165) is 30.5 Å². The summed E-state index contributed by atoms with van der Waals surface area (Å²) in [5, 5.41) is 0. The normalized spacial score (nSPS) is 18.2. The van der Waals surface area contributed by atoms with Crippen molar-refractivity contribution in [1.29, 1.82) is 0 Å². The predicted octanol–water partition coefficient (Wildman–Crippen LogP) is 2.60. The second-order valence-electron chi connectivity index (χ2n) is 6.82. The van der Waals surface area contributed by atoms with Crippen molar-refractivity contribution in [3.63, 3.8) is 0 Å². The number of aromatic amines is 1. The summed E-state index contributed by atoms with van der Waals surface area (Å²) in [6.07, 6.45) is 2.99. The lowest BCUT2D eigenvalue weighted by Crippen LogP contribution is -2.36. The maximum atomic E-state index is 12.8. The van der Waals surface area contributed by atoms with Crippen LogP contribution in [-0.2, 0) is 0 Å². The fourth-order valence-electron chi connectivity index (χ4n) is 3.40. The minimum Gasteiger partial charge on any atom is -0.338 e. The Hall–Kier alpha value is -2.40. The third kappa shape index (κ3) is 3.99. The molecule has 0 unspecified atom stereocenters. The Bertz CT molecular complexity index is 783. The molecule has 0 saturated carbocycles. The van der Waals surface area contributed by atoms with Crippen molar-refractivity contribution in [2.24, 2.45) is 0 Å². The van der Waals surface area contributed by atoms with E-state index in [9.17, 15) is 9.59 Å². The summed E-state index contributed by atoms with van der Waals surface area (Å²) in [5.74, 6) is -0.166. The molecule has 0 bridgehead atoms. The number of amides is 1. The standard InChI is InChI=1S/C20H25N3O2/c1-22(2)16-9-6-13-23(14-12-16)20(25)17-10-11-18(21-19(17)24)15-7-4-3-5-8-15/h3-5,7-8,10-11,16H,6,9,12-14H2,1-2H3,(H,21,24)/t16-/m1/s1. The molecule has 1 atom stereocenters. The van der Waals surface area contributed by atoms with Crippen LogP contribution in [0.15, 0.2) is 47.3 Å². The van der Waals surface area contributed by atoms with Crippen molar-refractivity contribution in [1.82, 2.24) is 14.8 Å². The summed E-state index contributed by atoms with van der Waals surface area (Å²) in [7, 11) is 4.16. The average molecular weight is 339 g/mol. The number of nitrogens with one attached hydrogen (secondary N) is 1. The van der Waals surface area contributed by atoms with E-state index in [-0.39, 0.29) is 17.0 Å². The van der Waals surface area contributed by atoms with Gasteiger partial charge in [-0.3, -0.25) is 9.59 Å². The van der Waals surface area contributed by atoms with Gasteiger partial charge in [0.15, 0.2) is 0 Å². The first-order chi connectivity index (χ1) is 12.1. The van der Waals surface area contributed by atoms with Gasteiger partial charge in [0.2, 0.25) is 0 Å². The largest absolute Gasteiger partial charge is 0.338 e. The second-order valence-corrected chi connectivity index (χ2v) is 6.82. The van der Waals surface area contributed by atoms with Crippen molar-refractivity contribution in [3.05, 3.63) is 58.4 Å². The predicted molar refractivity (Wildman–Crippen MR) is 99.7 cm³/mol. The van der Waals surface area contributed by atoms with Crippen LogP contribution in [0.5, 0.6) is 0 Å². The van der Waals surface area contributed by atoms with Crippen molar-refractivity contribution >= 4 is 5.91 Å². The molecule has 2 aromatic rings. The molecule has 25 heavy (non-hydrogen) atoms. The van der Waals surface area contributed by atoms with E-state index in [2.05, 4.69) is 24.0 Å². The van der Waals surface area contributed by atoms with Crippen LogP contribution >= 0.6 is 0 Å². The molecule has 1 aromatic carbocycles. The molecular weight excluding hydrogens is 314 g/mol. The first-order valence-corrected chi connectivity index (χ1v) is 8.80. The van der Waals surface area contributed by atoms with Gasteiger partial charge in [0.25, 0.3) is 11.5 Å². The number of pyridine rings is 1. The van der Waals surface area contributed by atoms with Gasteiger partial charge < -0.3 is 14.8 Å². The van der Waals surface area contributed by atoms with Crippen molar-refractivity contribution in [2.75, 3.05) is 27.2 Å². The van der Waals surface area contributed by atoms with Gasteiger partial charge in [0, 0.05) is 24.8 Å². The molecule has 5 heteroatoms. The molecule has 1 amide bonds. The molecule has 1 aliphatic rings. The van der Waals surface area contributed by atoms with Crippen LogP contribution in [0.1, 0.15) is 29.6 Å². The highest BCUT2D eigenvalue weighted by Gasteiger charge is 2.24. The Morgan fingerprint density at radius 2 is 1.84 bits per heavy atom. The topological polar surface area (TPSA) is 56.4 Å². The van der Waals surface area contributed by atoms with Gasteiger partial charge in [-0.05, 0) is 51.1 Å². The molecule has 1 N–H and O–H groups in total. The average Bonchev–Trinajstić information content (AvgIpc) is 2.88. The fourth-order valence-corrected chi connectivity index (χ4v) is 3.40. The van der Waals surface area contributed by atoms with E-state index in [0.29, 0.717) is 19.1 Å². The maximum absolute atomic E-state index is 12.8. The lowest BCUT2D eigenvalue weighted by molar-refractivity contribution is 0.0757. The number of likely N-dealkylation sites (tertiary alicyclic amines) is 1. The first-order valence-electron chi connectivity index (χ1n) is 8.80. The smallest absolute Gasteiger partial charge is 0.261 e. The van der Waals surface area contributed by atoms with Crippen molar-refractivity contribution < 1.29 is 4.79 Å². The Morgan fingerprint density at radius 1 is 1.08 bits per heavy atom. The molecule has 3 rings (SSSR count). The van der Waals surface area contributed by atoms with Gasteiger partial charge in [-0.25, -0.2) is 0 Å². The number of carbonyl (C=O) groups is 1. The van der Waals surface area contributed by atoms with Crippen LogP contribution in [0.2, 0.25) is 0 Å². The summed E-state index contributed by atoms with van der Waals surface area (Å²) >= 11 is 0. The van der Waals surface area contributed by atoms with Gasteiger partial charge in [0.05, 0.1) is 0 Å². The summed E-state index contributed by atoms with van der Waals surface area (Å²) < 4.78 is 0. The number of rotatable bonds is 3. The monoisotopic (exact) mass is 339 g/mol. The molecule has 5 nitrogen and oxygen atoms in total. The molecule has 1 saturated heterocycles. The van der Waals surface area contributed by atoms with Crippen LogP contribution in [0, 0.1) is 0 Å². The molecular formula is C20H25N3O2. The number of aromatic nitrogens is 1. The number of carbonyl (C=O) groups excluding carboxylic acids is 1. The van der Waals surface area contributed by atoms with E-state index >= 15 is 0 Å². The molecule has 0 aliphatic carbocycles. The van der Waals surface area contributed by atoms with Gasteiger partial charge in [-0.2, -0.15) is 0 Å². The van der Waals surface area contributed by atoms with Crippen molar-refractivity contribution in [3.8, 4) is 11.3 Å². The van der Waals surface area contributed by atoms with Gasteiger partial charge in [-0.1, -0.05) is 30.3 Å². The SMILES string of the molecule is CN(C)[C@@H]1CCCN(C(=O)c2ccc(-c3ccccc3)[nH]c2=O)CC1. The Morgan fingerprint density at radius 3 is 2.52 bits per heavy atom. The van der Waals surface area contributed by atoms with Crippen LogP contribution in [0.4, 0.5) is 0 Å². The number of hydrogen-bond donors (Lipinski definition) is 1. The van der Waals surface area contributed by atoms with Crippen LogP contribution in [0.25, 0.3) is 11.3 Å². The van der Waals surface area contributed by atoms with Gasteiger partial charge in [-0.15, -0.1) is 0 Å². The summed E-state index contributed by atoms with van der Waals surface area (Å²) in [5.41, 5.74) is 1.57. The van der Waals surface area contributed by atoms with Gasteiger partial charge in [0.1, 0.15) is 5.56 Å². The lowest BCUT2D eigenvalue weighted by Gasteiger charge is -2.23. The highest BCUT2D eigenvalue weighted by molar-refractivity contribution is 5.94. The minimum absolute atomic E-state index is 0.166. The number of nitrogens with zero attached hydrogens (tertiary/aromatic N) is 2. The van der Waals surface area contributed by atoms with E-state index in [1.807, 2.05) is 41.3 Å². The summed E-state index contributed by atoms with van der Waals surface area (Å²) in [4.78, 5) is 32.1. The number of H-pyrrole nitrogens is 1. The number of hydrogen-bond acceptors (Lipinski definition) is 3. The van der Waals surface area contributed by atoms with E-state index in [1.54, 1.807) is 6.07 Å². The molecule has 1 aliphatic heterocycles. The highest BCUT2D eigenvalue weighted by Crippen LogP contribution is 2.18. The molecule has 1 aromatic heterocycles. The van der Waals surface area contributed by atoms with Crippen LogP contribution in [0.3, 0.4) is 0 Å². The molecule has 132 valence electrons. The van der Waals surface area contributed by atoms with Crippen molar-refractivity contribution in [2.45, 2.75) is 25.3 Å². The quantitative estimate of drug-likeness (QED) is 0.935. The van der Waals surface area contributed by atoms with Gasteiger partial charge >= 0.3 is 0 Å². The zero-order chi connectivity index (χ0) is 17.8. The van der Waals surface area contributed by atoms with E-state index in [4.69, 9.17) is 0 Å². The Labute approximate surface area is 148 Å². The molecule has 1 fully saturated rings. The highest BCUT2D eigenvalue weighted by atomic mass is 16.2. The van der Waals surface area contributed by atoms with Crippen LogP contribution < -0.4 is 5.56 Å². The molecule has 2 heterocycles. The fraction of sp³-hybridized carbons (Fsp3) is 0.400. The summed E-state index contributed by atoms with van der Waals surface area (Å²) in [6.45, 7) is 1.41. The lowest BCUT2D eigenvalue weighted by atomic mass is 10.1. The second kappa shape index (κ2) is 7.66. The van der Waals surface area contributed by atoms with E-state index in [1.165, 1.54) is 0 Å². The number of benzene rings is 1. The zero-order valence-corrected chi connectivity index (χ0v) is 14.9. The maximum Gasteiger partial charge on any atom is 0.261 e. The first kappa shape index (κ1) is 17.4. The van der Waals surface area contributed by atoms with Crippen LogP contribution in [-0.4, -0.2) is 53.9 Å². The Balaban J connectivity index is 1.77.